The van der Waals surface area contributed by atoms with Crippen molar-refractivity contribution >= 4 is 10.9 Å². The Morgan fingerprint density at radius 2 is 2.06 bits per heavy atom. The summed E-state index contributed by atoms with van der Waals surface area (Å²) in [7, 11) is 0. The smallest absolute Gasteiger partial charge is 0.257 e. The number of halogens is 1. The lowest BCUT2D eigenvalue weighted by Gasteiger charge is -2.45. The van der Waals surface area contributed by atoms with Gasteiger partial charge in [-0.3, -0.25) is 4.79 Å². The van der Waals surface area contributed by atoms with Gasteiger partial charge in [-0.25, -0.2) is 9.37 Å². The molecular weight excluding hydrogens is 437 g/mol. The van der Waals surface area contributed by atoms with Crippen LogP contribution in [-0.2, 0) is 34.8 Å². The number of hydrogen-bond donors (Lipinski definition) is 2. The van der Waals surface area contributed by atoms with Crippen LogP contribution in [0.5, 0.6) is 0 Å². The molecule has 2 atom stereocenters. The zero-order valence-electron chi connectivity index (χ0n) is 20.2. The second-order valence-electron chi connectivity index (χ2n) is 10.2. The van der Waals surface area contributed by atoms with Crippen LogP contribution in [0.25, 0.3) is 22.3 Å². The zero-order chi connectivity index (χ0) is 24.6. The number of nitrogens with two attached hydrogens (primary N) is 1. The van der Waals surface area contributed by atoms with Crippen molar-refractivity contribution in [2.45, 2.75) is 78.2 Å². The third-order valence-electron chi connectivity index (χ3n) is 6.90. The number of fused-ring (bicyclic) bond motifs is 5. The fourth-order valence-electron chi connectivity index (χ4n) is 5.35. The number of aryl methyl sites for hydroxylation is 1. The van der Waals surface area contributed by atoms with Gasteiger partial charge < -0.3 is 24.9 Å². The van der Waals surface area contributed by atoms with Gasteiger partial charge in [-0.05, 0) is 57.4 Å². The fourth-order valence-corrected chi connectivity index (χ4v) is 5.35. The topological polar surface area (TPSA) is 99.6 Å². The van der Waals surface area contributed by atoms with E-state index < -0.39 is 17.5 Å². The number of aromatic nitrogens is 2. The van der Waals surface area contributed by atoms with Crippen LogP contribution in [0.4, 0.5) is 4.39 Å². The summed E-state index contributed by atoms with van der Waals surface area (Å²) in [5.41, 5.74) is 9.16. The van der Waals surface area contributed by atoms with Gasteiger partial charge in [0, 0.05) is 34.7 Å². The molecule has 3 aromatic rings. The summed E-state index contributed by atoms with van der Waals surface area (Å²) < 4.78 is 28.1. The Balaban J connectivity index is 1.81. The van der Waals surface area contributed by atoms with Crippen molar-refractivity contribution in [3.05, 3.63) is 62.2 Å². The average Bonchev–Trinajstić information content (AvgIpc) is 3.13. The van der Waals surface area contributed by atoms with E-state index in [1.165, 1.54) is 6.07 Å². The first-order valence-electron chi connectivity index (χ1n) is 11.6. The maximum atomic E-state index is 14.4. The summed E-state index contributed by atoms with van der Waals surface area (Å²) in [6, 6.07) is 5.06. The molecular formula is C26H30FN3O4. The first kappa shape index (κ1) is 23.1. The highest BCUT2D eigenvalue weighted by atomic mass is 19.1. The number of rotatable bonds is 3. The lowest BCUT2D eigenvalue weighted by atomic mass is 9.84. The molecule has 4 heterocycles. The molecule has 0 saturated heterocycles. The molecule has 8 heteroatoms. The minimum atomic E-state index is -1.23. The van der Waals surface area contributed by atoms with Crippen molar-refractivity contribution < 1.29 is 19.0 Å². The highest BCUT2D eigenvalue weighted by Gasteiger charge is 2.49. The Morgan fingerprint density at radius 3 is 2.71 bits per heavy atom. The molecule has 2 aliphatic heterocycles. The van der Waals surface area contributed by atoms with E-state index in [2.05, 4.69) is 0 Å². The molecule has 7 nitrogen and oxygen atoms in total. The Bertz CT molecular complexity index is 1390. The van der Waals surface area contributed by atoms with Gasteiger partial charge in [0.2, 0.25) is 0 Å². The quantitative estimate of drug-likeness (QED) is 0.478. The van der Waals surface area contributed by atoms with Crippen LogP contribution in [0.2, 0.25) is 0 Å². The Morgan fingerprint density at radius 1 is 1.32 bits per heavy atom. The van der Waals surface area contributed by atoms with Crippen molar-refractivity contribution in [1.82, 2.24) is 9.55 Å². The van der Waals surface area contributed by atoms with Crippen LogP contribution in [0, 0.1) is 12.7 Å². The standard InChI is InChI=1S/C26H30FN3O4/c1-6-26(34-25(3,4)5)18-8-21-22-16(11-30(21)23(31)17(18)12-33-24(26)32)15(10-28)14-7-13(2)19(27)9-20(14)29-22/h7-9,24,32H,6,10-12,28H2,1-5H3/t24?,26-/m0/s1. The van der Waals surface area contributed by atoms with Gasteiger partial charge in [-0.2, -0.15) is 0 Å². The maximum absolute atomic E-state index is 14.4. The highest BCUT2D eigenvalue weighted by Crippen LogP contribution is 2.45. The molecule has 0 amide bonds. The summed E-state index contributed by atoms with van der Waals surface area (Å²) in [5, 5.41) is 11.7. The summed E-state index contributed by atoms with van der Waals surface area (Å²) >= 11 is 0. The lowest BCUT2D eigenvalue weighted by Crippen LogP contribution is -2.52. The van der Waals surface area contributed by atoms with E-state index in [1.54, 1.807) is 17.6 Å². The fraction of sp³-hybridized carbons (Fsp3) is 0.462. The van der Waals surface area contributed by atoms with Gasteiger partial charge in [0.15, 0.2) is 6.29 Å². The molecule has 1 unspecified atom stereocenters. The highest BCUT2D eigenvalue weighted by molar-refractivity contribution is 5.88. The minimum absolute atomic E-state index is 0.00916. The predicted octanol–water partition coefficient (Wildman–Crippen LogP) is 3.60. The molecule has 0 radical (unpaired) electrons. The second-order valence-corrected chi connectivity index (χ2v) is 10.2. The summed E-state index contributed by atoms with van der Waals surface area (Å²) in [5.74, 6) is -0.340. The SMILES string of the molecule is CC[C@]1(OC(C)(C)C)c2cc3n(c(=O)c2COC1O)Cc1c-3nc2cc(F)c(C)cc2c1CN. The number of benzene rings is 1. The molecule has 0 spiro atoms. The molecule has 5 rings (SSSR count). The normalized spacial score (nSPS) is 21.5. The molecule has 1 aromatic carbocycles. The van der Waals surface area contributed by atoms with Crippen LogP contribution in [0.1, 0.15) is 61.9 Å². The van der Waals surface area contributed by atoms with Gasteiger partial charge in [-0.15, -0.1) is 0 Å². The molecule has 2 aromatic heterocycles. The Labute approximate surface area is 197 Å². The van der Waals surface area contributed by atoms with Crippen molar-refractivity contribution in [3.63, 3.8) is 0 Å². The predicted molar refractivity (Wildman–Crippen MR) is 127 cm³/mol. The number of aliphatic hydroxyl groups is 1. The van der Waals surface area contributed by atoms with E-state index in [0.29, 0.717) is 46.6 Å². The number of hydrogen-bond acceptors (Lipinski definition) is 6. The van der Waals surface area contributed by atoms with Crippen molar-refractivity contribution in [3.8, 4) is 11.4 Å². The van der Waals surface area contributed by atoms with Gasteiger partial charge in [0.1, 0.15) is 11.4 Å². The van der Waals surface area contributed by atoms with Crippen LogP contribution in [-0.4, -0.2) is 26.5 Å². The average molecular weight is 468 g/mol. The first-order valence-corrected chi connectivity index (χ1v) is 11.6. The van der Waals surface area contributed by atoms with Gasteiger partial charge >= 0.3 is 0 Å². The zero-order valence-corrected chi connectivity index (χ0v) is 20.2. The third-order valence-corrected chi connectivity index (χ3v) is 6.90. The monoisotopic (exact) mass is 467 g/mol. The van der Waals surface area contributed by atoms with Crippen LogP contribution in [0.15, 0.2) is 23.0 Å². The Hall–Kier alpha value is -2.65. The largest absolute Gasteiger partial charge is 0.365 e. The van der Waals surface area contributed by atoms with E-state index in [9.17, 15) is 14.3 Å². The molecule has 0 saturated carbocycles. The van der Waals surface area contributed by atoms with Crippen molar-refractivity contribution in [2.75, 3.05) is 0 Å². The van der Waals surface area contributed by atoms with Crippen LogP contribution in [0.3, 0.4) is 0 Å². The summed E-state index contributed by atoms with van der Waals surface area (Å²) in [6.45, 7) is 9.87. The number of ether oxygens (including phenoxy) is 2. The molecule has 2 aliphatic rings. The molecule has 180 valence electrons. The van der Waals surface area contributed by atoms with Crippen LogP contribution < -0.4 is 11.3 Å². The molecule has 0 fully saturated rings. The van der Waals surface area contributed by atoms with E-state index >= 15 is 0 Å². The van der Waals surface area contributed by atoms with Crippen molar-refractivity contribution in [1.29, 1.82) is 0 Å². The summed E-state index contributed by atoms with van der Waals surface area (Å²) in [4.78, 5) is 18.5. The van der Waals surface area contributed by atoms with E-state index in [-0.39, 0.29) is 24.5 Å². The molecule has 34 heavy (non-hydrogen) atoms. The first-order chi connectivity index (χ1) is 16.0. The maximum Gasteiger partial charge on any atom is 0.257 e. The summed E-state index contributed by atoms with van der Waals surface area (Å²) in [6.07, 6.45) is -0.827. The van der Waals surface area contributed by atoms with Crippen LogP contribution >= 0.6 is 0 Å². The van der Waals surface area contributed by atoms with E-state index in [0.717, 1.165) is 16.5 Å². The second kappa shape index (κ2) is 7.68. The number of aliphatic hydroxyl groups excluding tert-OH is 1. The third kappa shape index (κ3) is 3.24. The molecule has 0 bridgehead atoms. The lowest BCUT2D eigenvalue weighted by molar-refractivity contribution is -0.283. The van der Waals surface area contributed by atoms with Gasteiger partial charge in [0.25, 0.3) is 5.56 Å². The number of nitrogens with zero attached hydrogens (tertiary/aromatic N) is 2. The van der Waals surface area contributed by atoms with Gasteiger partial charge in [0.05, 0.1) is 35.7 Å². The molecule has 3 N–H and O–H groups in total. The van der Waals surface area contributed by atoms with E-state index in [4.69, 9.17) is 20.2 Å². The van der Waals surface area contributed by atoms with Crippen molar-refractivity contribution in [2.24, 2.45) is 5.73 Å². The molecule has 0 aliphatic carbocycles. The van der Waals surface area contributed by atoms with E-state index in [1.807, 2.05) is 33.8 Å². The minimum Gasteiger partial charge on any atom is -0.365 e. The Kier molecular flexibility index (Phi) is 5.22. The van der Waals surface area contributed by atoms with Gasteiger partial charge in [-0.1, -0.05) is 6.92 Å². The number of pyridine rings is 2.